The van der Waals surface area contributed by atoms with Crippen LogP contribution in [0.5, 0.6) is 0 Å². The molecule has 2 aromatic carbocycles. The Morgan fingerprint density at radius 2 is 1.94 bits per heavy atom. The van der Waals surface area contributed by atoms with E-state index in [1.165, 1.54) is 4.90 Å². The largest absolute Gasteiger partial charge is 0.369 e. The van der Waals surface area contributed by atoms with Gasteiger partial charge in [-0.3, -0.25) is 4.79 Å². The molecule has 0 heterocycles. The van der Waals surface area contributed by atoms with Gasteiger partial charge < -0.3 is 5.73 Å². The summed E-state index contributed by atoms with van der Waals surface area (Å²) in [4.78, 5) is 12.3. The lowest BCUT2D eigenvalue weighted by molar-refractivity contribution is -0.117. The lowest BCUT2D eigenvalue weighted by Crippen LogP contribution is -2.14. The molecule has 0 aliphatic rings. The number of nitrogens with two attached hydrogens (primary N) is 1. The second-order valence-corrected chi connectivity index (χ2v) is 4.91. The predicted octanol–water partition coefficient (Wildman–Crippen LogP) is 3.10. The number of benzene rings is 2. The maximum atomic E-state index is 11.1. The minimum absolute atomic E-state index is 0.277. The van der Waals surface area contributed by atoms with Crippen LogP contribution >= 0.6 is 11.8 Å². The van der Waals surface area contributed by atoms with Crippen molar-refractivity contribution in [2.45, 2.75) is 11.3 Å². The number of amides is 1. The number of hydrogen-bond donors (Lipinski definition) is 1. The van der Waals surface area contributed by atoms with Gasteiger partial charge in [0, 0.05) is 4.90 Å². The van der Waals surface area contributed by atoms with E-state index in [-0.39, 0.29) is 12.3 Å². The fourth-order valence-corrected chi connectivity index (χ4v) is 2.39. The Bertz CT molecular complexity index is 566. The van der Waals surface area contributed by atoms with Crippen LogP contribution < -0.4 is 5.73 Å². The van der Waals surface area contributed by atoms with Gasteiger partial charge in [0.15, 0.2) is 0 Å². The second kappa shape index (κ2) is 5.74. The molecule has 0 radical (unpaired) electrons. The van der Waals surface area contributed by atoms with Crippen LogP contribution in [0.15, 0.2) is 53.4 Å². The van der Waals surface area contributed by atoms with Crippen molar-refractivity contribution in [3.8, 4) is 11.1 Å². The summed E-state index contributed by atoms with van der Waals surface area (Å²) in [6, 6.07) is 16.2. The van der Waals surface area contributed by atoms with Crippen molar-refractivity contribution in [2.75, 3.05) is 6.26 Å². The Labute approximate surface area is 111 Å². The first-order chi connectivity index (χ1) is 8.70. The quantitative estimate of drug-likeness (QED) is 0.855. The van der Waals surface area contributed by atoms with Gasteiger partial charge in [0.05, 0.1) is 6.42 Å². The lowest BCUT2D eigenvalue weighted by Gasteiger charge is -2.09. The zero-order chi connectivity index (χ0) is 13.0. The van der Waals surface area contributed by atoms with Crippen LogP contribution in [0.25, 0.3) is 11.1 Å². The molecule has 0 aliphatic heterocycles. The SMILES string of the molecule is CSc1cccc(-c2ccccc2CC(N)=O)c1. The molecular formula is C15H15NOS. The molecular weight excluding hydrogens is 242 g/mol. The first-order valence-electron chi connectivity index (χ1n) is 5.71. The van der Waals surface area contributed by atoms with Gasteiger partial charge in [0.25, 0.3) is 0 Å². The normalized spacial score (nSPS) is 10.3. The Morgan fingerprint density at radius 3 is 2.67 bits per heavy atom. The minimum Gasteiger partial charge on any atom is -0.369 e. The van der Waals surface area contributed by atoms with E-state index in [2.05, 4.69) is 24.5 Å². The van der Waals surface area contributed by atoms with Crippen LogP contribution in [0.4, 0.5) is 0 Å². The highest BCUT2D eigenvalue weighted by Gasteiger charge is 2.07. The number of rotatable bonds is 4. The fourth-order valence-electron chi connectivity index (χ4n) is 1.93. The van der Waals surface area contributed by atoms with E-state index in [0.717, 1.165) is 16.7 Å². The highest BCUT2D eigenvalue weighted by Crippen LogP contribution is 2.27. The number of carbonyl (C=O) groups excluding carboxylic acids is 1. The molecule has 0 fully saturated rings. The van der Waals surface area contributed by atoms with E-state index in [1.807, 2.05) is 30.3 Å². The van der Waals surface area contributed by atoms with Crippen LogP contribution in [0.3, 0.4) is 0 Å². The molecule has 0 saturated heterocycles. The molecule has 92 valence electrons. The molecule has 18 heavy (non-hydrogen) atoms. The third-order valence-corrected chi connectivity index (χ3v) is 3.49. The highest BCUT2D eigenvalue weighted by molar-refractivity contribution is 7.98. The summed E-state index contributed by atoms with van der Waals surface area (Å²) >= 11 is 1.71. The van der Waals surface area contributed by atoms with E-state index in [0.29, 0.717) is 0 Å². The monoisotopic (exact) mass is 257 g/mol. The van der Waals surface area contributed by atoms with Crippen molar-refractivity contribution in [2.24, 2.45) is 5.73 Å². The number of carbonyl (C=O) groups is 1. The highest BCUT2D eigenvalue weighted by atomic mass is 32.2. The average Bonchev–Trinajstić information content (AvgIpc) is 2.39. The average molecular weight is 257 g/mol. The summed E-state index contributed by atoms with van der Waals surface area (Å²) in [5.41, 5.74) is 8.46. The molecule has 2 nitrogen and oxygen atoms in total. The molecule has 2 N–H and O–H groups in total. The van der Waals surface area contributed by atoms with E-state index in [9.17, 15) is 4.79 Å². The van der Waals surface area contributed by atoms with Gasteiger partial charge in [0.2, 0.25) is 5.91 Å². The van der Waals surface area contributed by atoms with Crippen molar-refractivity contribution < 1.29 is 4.79 Å². The van der Waals surface area contributed by atoms with Crippen molar-refractivity contribution >= 4 is 17.7 Å². The van der Waals surface area contributed by atoms with Gasteiger partial charge >= 0.3 is 0 Å². The van der Waals surface area contributed by atoms with Crippen LogP contribution in [-0.4, -0.2) is 12.2 Å². The molecule has 0 aromatic heterocycles. The zero-order valence-corrected chi connectivity index (χ0v) is 11.0. The van der Waals surface area contributed by atoms with Crippen molar-refractivity contribution in [1.82, 2.24) is 0 Å². The Balaban J connectivity index is 2.45. The predicted molar refractivity (Wildman–Crippen MR) is 76.6 cm³/mol. The van der Waals surface area contributed by atoms with Crippen molar-refractivity contribution in [3.63, 3.8) is 0 Å². The molecule has 0 spiro atoms. The van der Waals surface area contributed by atoms with E-state index in [4.69, 9.17) is 5.73 Å². The molecule has 2 rings (SSSR count). The summed E-state index contributed by atoms with van der Waals surface area (Å²) in [6.07, 6.45) is 2.33. The summed E-state index contributed by atoms with van der Waals surface area (Å²) in [5.74, 6) is -0.302. The fraction of sp³-hybridized carbons (Fsp3) is 0.133. The van der Waals surface area contributed by atoms with Gasteiger partial charge in [-0.2, -0.15) is 0 Å². The minimum atomic E-state index is -0.302. The summed E-state index contributed by atoms with van der Waals surface area (Å²) in [5, 5.41) is 0. The first kappa shape index (κ1) is 12.7. The first-order valence-corrected chi connectivity index (χ1v) is 6.94. The maximum absolute atomic E-state index is 11.1. The van der Waals surface area contributed by atoms with Gasteiger partial charge in [-0.1, -0.05) is 36.4 Å². The second-order valence-electron chi connectivity index (χ2n) is 4.03. The third-order valence-electron chi connectivity index (χ3n) is 2.76. The van der Waals surface area contributed by atoms with E-state index >= 15 is 0 Å². The molecule has 1 amide bonds. The Hall–Kier alpha value is -1.74. The summed E-state index contributed by atoms with van der Waals surface area (Å²) in [7, 11) is 0. The number of hydrogen-bond acceptors (Lipinski definition) is 2. The lowest BCUT2D eigenvalue weighted by atomic mass is 9.98. The van der Waals surface area contributed by atoms with Gasteiger partial charge in [-0.05, 0) is 35.1 Å². The molecule has 0 saturated carbocycles. The maximum Gasteiger partial charge on any atom is 0.221 e. The van der Waals surface area contributed by atoms with E-state index < -0.39 is 0 Å². The topological polar surface area (TPSA) is 43.1 Å². The molecule has 3 heteroatoms. The van der Waals surface area contributed by atoms with Crippen LogP contribution in [0, 0.1) is 0 Å². The Morgan fingerprint density at radius 1 is 1.17 bits per heavy atom. The van der Waals surface area contributed by atoms with Crippen molar-refractivity contribution in [3.05, 3.63) is 54.1 Å². The molecule has 0 unspecified atom stereocenters. The van der Waals surface area contributed by atoms with Crippen LogP contribution in [0.2, 0.25) is 0 Å². The number of primary amides is 1. The third kappa shape index (κ3) is 2.93. The Kier molecular flexibility index (Phi) is 4.05. The summed E-state index contributed by atoms with van der Waals surface area (Å²) < 4.78 is 0. The van der Waals surface area contributed by atoms with Crippen LogP contribution in [0.1, 0.15) is 5.56 Å². The van der Waals surface area contributed by atoms with Crippen molar-refractivity contribution in [1.29, 1.82) is 0 Å². The van der Waals surface area contributed by atoms with E-state index in [1.54, 1.807) is 11.8 Å². The van der Waals surface area contributed by atoms with Crippen LogP contribution in [-0.2, 0) is 11.2 Å². The van der Waals surface area contributed by atoms with Gasteiger partial charge in [0.1, 0.15) is 0 Å². The summed E-state index contributed by atoms with van der Waals surface area (Å²) in [6.45, 7) is 0. The standard InChI is InChI=1S/C15H15NOS/c1-18-13-7-4-6-11(9-13)14-8-3-2-5-12(14)10-15(16)17/h2-9H,10H2,1H3,(H2,16,17). The molecule has 0 atom stereocenters. The van der Waals surface area contributed by atoms with Gasteiger partial charge in [-0.15, -0.1) is 11.8 Å². The zero-order valence-electron chi connectivity index (χ0n) is 10.2. The number of thioether (sulfide) groups is 1. The smallest absolute Gasteiger partial charge is 0.221 e. The molecule has 0 bridgehead atoms. The molecule has 0 aliphatic carbocycles. The molecule has 2 aromatic rings. The van der Waals surface area contributed by atoms with Gasteiger partial charge in [-0.25, -0.2) is 0 Å².